The lowest BCUT2D eigenvalue weighted by molar-refractivity contribution is -0.140. The van der Waals surface area contributed by atoms with Gasteiger partial charge in [0.1, 0.15) is 0 Å². The highest BCUT2D eigenvalue weighted by Gasteiger charge is 2.12. The van der Waals surface area contributed by atoms with Gasteiger partial charge in [0.2, 0.25) is 0 Å². The SMILES string of the molecule is COC(=O)CCCNC(=S)NCc1c(C)nn(Cc2ccccc2)c1C. The number of methoxy groups -OCH3 is 1. The molecule has 0 radical (unpaired) electrons. The molecule has 1 aromatic heterocycles. The van der Waals surface area contributed by atoms with E-state index < -0.39 is 0 Å². The van der Waals surface area contributed by atoms with Crippen LogP contribution in [0.2, 0.25) is 0 Å². The summed E-state index contributed by atoms with van der Waals surface area (Å²) >= 11 is 5.29. The molecule has 2 aromatic rings. The number of hydrogen-bond acceptors (Lipinski definition) is 4. The number of thiocarbonyl (C=S) groups is 1. The smallest absolute Gasteiger partial charge is 0.305 e. The molecule has 2 N–H and O–H groups in total. The number of aryl methyl sites for hydroxylation is 1. The standard InChI is InChI=1S/C19H26N4O2S/c1-14-17(12-21-19(26)20-11-7-10-18(24)25-3)15(2)23(22-14)13-16-8-5-4-6-9-16/h4-6,8-9H,7,10-13H2,1-3H3,(H2,20,21,26). The Morgan fingerprint density at radius 3 is 2.65 bits per heavy atom. The van der Waals surface area contributed by atoms with Gasteiger partial charge in [0.05, 0.1) is 19.3 Å². The number of benzene rings is 1. The van der Waals surface area contributed by atoms with Crippen LogP contribution in [0.15, 0.2) is 30.3 Å². The number of carbonyl (C=O) groups excluding carboxylic acids is 1. The monoisotopic (exact) mass is 374 g/mol. The highest BCUT2D eigenvalue weighted by atomic mass is 32.1. The van der Waals surface area contributed by atoms with Crippen molar-refractivity contribution in [3.63, 3.8) is 0 Å². The summed E-state index contributed by atoms with van der Waals surface area (Å²) in [7, 11) is 1.39. The van der Waals surface area contributed by atoms with Crippen LogP contribution in [-0.2, 0) is 22.6 Å². The molecule has 7 heteroatoms. The van der Waals surface area contributed by atoms with Crippen LogP contribution < -0.4 is 10.6 Å². The number of ether oxygens (including phenoxy) is 1. The molecule has 1 heterocycles. The lowest BCUT2D eigenvalue weighted by Crippen LogP contribution is -2.35. The fourth-order valence-corrected chi connectivity index (χ4v) is 2.84. The van der Waals surface area contributed by atoms with Crippen LogP contribution in [0.1, 0.15) is 35.4 Å². The third-order valence-electron chi connectivity index (χ3n) is 4.20. The largest absolute Gasteiger partial charge is 0.469 e. The van der Waals surface area contributed by atoms with Gasteiger partial charge in [-0.1, -0.05) is 30.3 Å². The van der Waals surface area contributed by atoms with Crippen molar-refractivity contribution in [3.05, 3.63) is 52.8 Å². The summed E-state index contributed by atoms with van der Waals surface area (Å²) in [6.07, 6.45) is 1.07. The second-order valence-corrected chi connectivity index (χ2v) is 6.49. The summed E-state index contributed by atoms with van der Waals surface area (Å²) in [6.45, 7) is 6.09. The van der Waals surface area contributed by atoms with Crippen LogP contribution in [0.5, 0.6) is 0 Å². The number of nitrogens with one attached hydrogen (secondary N) is 2. The van der Waals surface area contributed by atoms with Gasteiger partial charge in [0.25, 0.3) is 0 Å². The normalized spacial score (nSPS) is 10.4. The Bertz CT molecular complexity index is 743. The Balaban J connectivity index is 1.84. The van der Waals surface area contributed by atoms with Crippen LogP contribution in [0.3, 0.4) is 0 Å². The van der Waals surface area contributed by atoms with Crippen molar-refractivity contribution >= 4 is 23.3 Å². The van der Waals surface area contributed by atoms with Crippen molar-refractivity contribution in [1.29, 1.82) is 0 Å². The van der Waals surface area contributed by atoms with Crippen molar-refractivity contribution in [3.8, 4) is 0 Å². The molecule has 6 nitrogen and oxygen atoms in total. The topological polar surface area (TPSA) is 68.2 Å². The van der Waals surface area contributed by atoms with E-state index in [-0.39, 0.29) is 5.97 Å². The van der Waals surface area contributed by atoms with Crippen molar-refractivity contribution in [2.45, 2.75) is 39.8 Å². The zero-order valence-corrected chi connectivity index (χ0v) is 16.4. The third-order valence-corrected chi connectivity index (χ3v) is 4.49. The van der Waals surface area contributed by atoms with Crippen LogP contribution in [0.25, 0.3) is 0 Å². The average molecular weight is 375 g/mol. The molecule has 0 bridgehead atoms. The second kappa shape index (κ2) is 9.91. The predicted octanol–water partition coefficient (Wildman–Crippen LogP) is 2.47. The number of esters is 1. The van der Waals surface area contributed by atoms with Crippen molar-refractivity contribution in [2.75, 3.05) is 13.7 Å². The molecule has 0 fully saturated rings. The number of hydrogen-bond donors (Lipinski definition) is 2. The summed E-state index contributed by atoms with van der Waals surface area (Å²) in [4.78, 5) is 11.1. The van der Waals surface area contributed by atoms with E-state index in [0.29, 0.717) is 31.0 Å². The van der Waals surface area contributed by atoms with Crippen LogP contribution >= 0.6 is 12.2 Å². The highest BCUT2D eigenvalue weighted by Crippen LogP contribution is 2.14. The van der Waals surface area contributed by atoms with Gasteiger partial charge < -0.3 is 15.4 Å². The van der Waals surface area contributed by atoms with E-state index in [1.807, 2.05) is 29.8 Å². The van der Waals surface area contributed by atoms with Crippen molar-refractivity contribution < 1.29 is 9.53 Å². The Morgan fingerprint density at radius 1 is 1.23 bits per heavy atom. The number of nitrogens with zero attached hydrogens (tertiary/aromatic N) is 2. The zero-order chi connectivity index (χ0) is 18.9. The molecule has 1 aromatic carbocycles. The maximum Gasteiger partial charge on any atom is 0.305 e. The van der Waals surface area contributed by atoms with E-state index in [0.717, 1.165) is 23.5 Å². The average Bonchev–Trinajstić information content (AvgIpc) is 2.90. The summed E-state index contributed by atoms with van der Waals surface area (Å²) in [5.74, 6) is -0.206. The molecule has 0 amide bonds. The van der Waals surface area contributed by atoms with Gasteiger partial charge in [-0.2, -0.15) is 5.10 Å². The van der Waals surface area contributed by atoms with Gasteiger partial charge in [-0.15, -0.1) is 0 Å². The molecule has 0 atom stereocenters. The van der Waals surface area contributed by atoms with Gasteiger partial charge in [0, 0.05) is 30.8 Å². The van der Waals surface area contributed by atoms with Crippen LogP contribution in [0.4, 0.5) is 0 Å². The van der Waals surface area contributed by atoms with Crippen LogP contribution in [0, 0.1) is 13.8 Å². The molecule has 26 heavy (non-hydrogen) atoms. The lowest BCUT2D eigenvalue weighted by Gasteiger charge is -2.11. The molecule has 0 unspecified atom stereocenters. The van der Waals surface area contributed by atoms with E-state index in [9.17, 15) is 4.79 Å². The fraction of sp³-hybridized carbons (Fsp3) is 0.421. The Hall–Kier alpha value is -2.41. The van der Waals surface area contributed by atoms with Gasteiger partial charge in [-0.25, -0.2) is 0 Å². The maximum atomic E-state index is 11.1. The van der Waals surface area contributed by atoms with E-state index >= 15 is 0 Å². The Labute approximate surface area is 159 Å². The summed E-state index contributed by atoms with van der Waals surface area (Å²) in [5, 5.41) is 11.5. The Morgan fingerprint density at radius 2 is 1.96 bits per heavy atom. The molecule has 0 aliphatic heterocycles. The summed E-state index contributed by atoms with van der Waals surface area (Å²) in [5.41, 5.74) is 4.51. The second-order valence-electron chi connectivity index (χ2n) is 6.08. The van der Waals surface area contributed by atoms with Crippen molar-refractivity contribution in [1.82, 2.24) is 20.4 Å². The number of carbonyl (C=O) groups is 1. The first kappa shape index (κ1) is 19.9. The molecule has 0 saturated heterocycles. The predicted molar refractivity (Wildman–Crippen MR) is 106 cm³/mol. The van der Waals surface area contributed by atoms with Crippen LogP contribution in [-0.4, -0.2) is 34.5 Å². The molecule has 0 saturated carbocycles. The first-order chi connectivity index (χ1) is 12.5. The maximum absolute atomic E-state index is 11.1. The number of rotatable bonds is 8. The third kappa shape index (κ3) is 5.84. The zero-order valence-electron chi connectivity index (χ0n) is 15.5. The molecular weight excluding hydrogens is 348 g/mol. The first-order valence-electron chi connectivity index (χ1n) is 8.66. The minimum Gasteiger partial charge on any atom is -0.469 e. The van der Waals surface area contributed by atoms with Gasteiger partial charge in [0.15, 0.2) is 5.11 Å². The number of aromatic nitrogens is 2. The summed E-state index contributed by atoms with van der Waals surface area (Å²) < 4.78 is 6.63. The Kier molecular flexibility index (Phi) is 7.59. The minimum absolute atomic E-state index is 0.206. The van der Waals surface area contributed by atoms with E-state index in [1.54, 1.807) is 0 Å². The molecule has 0 aliphatic carbocycles. The summed E-state index contributed by atoms with van der Waals surface area (Å²) in [6, 6.07) is 10.3. The van der Waals surface area contributed by atoms with E-state index in [4.69, 9.17) is 12.2 Å². The van der Waals surface area contributed by atoms with E-state index in [2.05, 4.69) is 39.5 Å². The molecular formula is C19H26N4O2S. The first-order valence-corrected chi connectivity index (χ1v) is 9.07. The van der Waals surface area contributed by atoms with E-state index in [1.165, 1.54) is 12.7 Å². The van der Waals surface area contributed by atoms with Gasteiger partial charge in [-0.05, 0) is 38.0 Å². The quantitative estimate of drug-likeness (QED) is 0.420. The minimum atomic E-state index is -0.206. The van der Waals surface area contributed by atoms with Gasteiger partial charge in [-0.3, -0.25) is 9.48 Å². The van der Waals surface area contributed by atoms with Crippen molar-refractivity contribution in [2.24, 2.45) is 0 Å². The fourth-order valence-electron chi connectivity index (χ4n) is 2.67. The lowest BCUT2D eigenvalue weighted by atomic mass is 10.2. The molecule has 140 valence electrons. The molecule has 2 rings (SSSR count). The molecule has 0 aliphatic rings. The van der Waals surface area contributed by atoms with Gasteiger partial charge >= 0.3 is 5.97 Å². The molecule has 0 spiro atoms. The highest BCUT2D eigenvalue weighted by molar-refractivity contribution is 7.80.